The number of carbonyl (C=O) groups is 2. The number of aryl methyl sites for hydroxylation is 2. The van der Waals surface area contributed by atoms with E-state index in [1.54, 1.807) is 36.0 Å². The number of nitrogens with one attached hydrogen (secondary N) is 1. The van der Waals surface area contributed by atoms with Crippen molar-refractivity contribution in [3.63, 3.8) is 0 Å². The van der Waals surface area contributed by atoms with Crippen molar-refractivity contribution in [1.82, 2.24) is 9.78 Å². The van der Waals surface area contributed by atoms with Gasteiger partial charge in [0.05, 0.1) is 28.7 Å². The lowest BCUT2D eigenvalue weighted by Crippen LogP contribution is -2.30. The Morgan fingerprint density at radius 2 is 2.03 bits per heavy atom. The summed E-state index contributed by atoms with van der Waals surface area (Å²) in [6, 6.07) is 6.65. The lowest BCUT2D eigenvalue weighted by Gasteiger charge is -2.14. The standard InChI is InChI=1S/C21H27N3O5/c1-13-19(14(2)24(4)23-13)22-20(25)15(3)29-21(26)16-7-9-17(10-8-16)28-12-18-6-5-11-27-18/h7-10,15,18H,5-6,11-12H2,1-4H3,(H,22,25)/t15-,18-/m1/s1. The highest BCUT2D eigenvalue weighted by atomic mass is 16.5. The number of nitrogens with zero attached hydrogens (tertiary/aromatic N) is 2. The van der Waals surface area contributed by atoms with Gasteiger partial charge in [-0.05, 0) is 57.9 Å². The number of amides is 1. The molecule has 0 spiro atoms. The molecular weight excluding hydrogens is 374 g/mol. The maximum absolute atomic E-state index is 12.4. The van der Waals surface area contributed by atoms with Crippen molar-refractivity contribution in [2.24, 2.45) is 7.05 Å². The lowest BCUT2D eigenvalue weighted by atomic mass is 10.2. The molecule has 1 N–H and O–H groups in total. The molecule has 1 aliphatic rings. The summed E-state index contributed by atoms with van der Waals surface area (Å²) >= 11 is 0. The van der Waals surface area contributed by atoms with Gasteiger partial charge in [-0.1, -0.05) is 0 Å². The summed E-state index contributed by atoms with van der Waals surface area (Å²) in [5.74, 6) is -0.322. The van der Waals surface area contributed by atoms with Crippen molar-refractivity contribution in [3.8, 4) is 5.75 Å². The third-order valence-corrected chi connectivity index (χ3v) is 4.96. The zero-order valence-corrected chi connectivity index (χ0v) is 17.2. The maximum atomic E-state index is 12.4. The normalized spacial score (nSPS) is 17.0. The highest BCUT2D eigenvalue weighted by Gasteiger charge is 2.22. The van der Waals surface area contributed by atoms with Crippen molar-refractivity contribution in [1.29, 1.82) is 0 Å². The average Bonchev–Trinajstić information content (AvgIpc) is 3.30. The van der Waals surface area contributed by atoms with Crippen LogP contribution in [0.4, 0.5) is 5.69 Å². The minimum absolute atomic E-state index is 0.131. The van der Waals surface area contributed by atoms with E-state index in [9.17, 15) is 9.59 Å². The Morgan fingerprint density at radius 1 is 1.31 bits per heavy atom. The number of carbonyl (C=O) groups excluding carboxylic acids is 2. The lowest BCUT2D eigenvalue weighted by molar-refractivity contribution is -0.123. The zero-order valence-electron chi connectivity index (χ0n) is 17.2. The van der Waals surface area contributed by atoms with Gasteiger partial charge in [0.25, 0.3) is 5.91 Å². The van der Waals surface area contributed by atoms with Gasteiger partial charge in [0.2, 0.25) is 0 Å². The fourth-order valence-electron chi connectivity index (χ4n) is 3.11. The van der Waals surface area contributed by atoms with Crippen LogP contribution in [0.2, 0.25) is 0 Å². The van der Waals surface area contributed by atoms with E-state index in [1.807, 2.05) is 13.8 Å². The van der Waals surface area contributed by atoms with Crippen LogP contribution in [0.1, 0.15) is 41.5 Å². The van der Waals surface area contributed by atoms with Gasteiger partial charge in [-0.3, -0.25) is 9.48 Å². The Hall–Kier alpha value is -2.87. The van der Waals surface area contributed by atoms with Crippen LogP contribution in [-0.2, 0) is 21.3 Å². The molecule has 2 atom stereocenters. The van der Waals surface area contributed by atoms with Crippen molar-refractivity contribution in [3.05, 3.63) is 41.2 Å². The molecule has 1 saturated heterocycles. The molecule has 0 saturated carbocycles. The van der Waals surface area contributed by atoms with Crippen molar-refractivity contribution in [2.75, 3.05) is 18.5 Å². The minimum Gasteiger partial charge on any atom is -0.491 e. The molecule has 2 aromatic rings. The van der Waals surface area contributed by atoms with E-state index in [0.717, 1.165) is 25.1 Å². The summed E-state index contributed by atoms with van der Waals surface area (Å²) in [5.41, 5.74) is 2.51. The molecule has 0 unspecified atom stereocenters. The fourth-order valence-corrected chi connectivity index (χ4v) is 3.11. The van der Waals surface area contributed by atoms with Gasteiger partial charge in [0, 0.05) is 13.7 Å². The predicted molar refractivity (Wildman–Crippen MR) is 107 cm³/mol. The summed E-state index contributed by atoms with van der Waals surface area (Å²) in [4.78, 5) is 24.7. The number of ether oxygens (including phenoxy) is 3. The fraction of sp³-hybridized carbons (Fsp3) is 0.476. The van der Waals surface area contributed by atoms with E-state index in [-0.39, 0.29) is 6.10 Å². The molecule has 156 valence electrons. The number of rotatable bonds is 7. The molecule has 0 aliphatic carbocycles. The zero-order chi connectivity index (χ0) is 21.0. The van der Waals surface area contributed by atoms with Crippen LogP contribution in [0.5, 0.6) is 5.75 Å². The molecule has 29 heavy (non-hydrogen) atoms. The van der Waals surface area contributed by atoms with E-state index in [4.69, 9.17) is 14.2 Å². The first kappa shape index (κ1) is 20.9. The van der Waals surface area contributed by atoms with Crippen LogP contribution >= 0.6 is 0 Å². The second-order valence-electron chi connectivity index (χ2n) is 7.18. The number of hydrogen-bond donors (Lipinski definition) is 1. The summed E-state index contributed by atoms with van der Waals surface area (Å²) in [6.07, 6.45) is 1.25. The van der Waals surface area contributed by atoms with E-state index in [2.05, 4.69) is 10.4 Å². The summed E-state index contributed by atoms with van der Waals surface area (Å²) in [7, 11) is 1.80. The quantitative estimate of drug-likeness (QED) is 0.718. The summed E-state index contributed by atoms with van der Waals surface area (Å²) in [6.45, 7) is 6.47. The molecule has 1 aromatic carbocycles. The summed E-state index contributed by atoms with van der Waals surface area (Å²) < 4.78 is 18.2. The second-order valence-corrected chi connectivity index (χ2v) is 7.18. The van der Waals surface area contributed by atoms with Gasteiger partial charge in [0.15, 0.2) is 6.10 Å². The first-order chi connectivity index (χ1) is 13.8. The molecule has 2 heterocycles. The van der Waals surface area contributed by atoms with E-state index < -0.39 is 18.0 Å². The van der Waals surface area contributed by atoms with E-state index in [1.165, 1.54) is 6.92 Å². The summed E-state index contributed by atoms with van der Waals surface area (Å²) in [5, 5.41) is 7.03. The van der Waals surface area contributed by atoms with Crippen LogP contribution in [0.15, 0.2) is 24.3 Å². The maximum Gasteiger partial charge on any atom is 0.338 e. The third kappa shape index (κ3) is 5.14. The highest BCUT2D eigenvalue weighted by molar-refractivity contribution is 5.98. The largest absolute Gasteiger partial charge is 0.491 e. The molecule has 8 heteroatoms. The molecule has 3 rings (SSSR count). The van der Waals surface area contributed by atoms with Crippen molar-refractivity contribution < 1.29 is 23.8 Å². The Labute approximate surface area is 170 Å². The van der Waals surface area contributed by atoms with Crippen LogP contribution < -0.4 is 10.1 Å². The number of aromatic nitrogens is 2. The monoisotopic (exact) mass is 401 g/mol. The number of hydrogen-bond acceptors (Lipinski definition) is 6. The van der Waals surface area contributed by atoms with E-state index in [0.29, 0.717) is 29.3 Å². The van der Waals surface area contributed by atoms with Gasteiger partial charge in [0.1, 0.15) is 12.4 Å². The van der Waals surface area contributed by atoms with Crippen molar-refractivity contribution >= 4 is 17.6 Å². The Kier molecular flexibility index (Phi) is 6.53. The van der Waals surface area contributed by atoms with Gasteiger partial charge in [-0.25, -0.2) is 4.79 Å². The Morgan fingerprint density at radius 3 is 2.62 bits per heavy atom. The van der Waals surface area contributed by atoms with Crippen LogP contribution in [0.25, 0.3) is 0 Å². The van der Waals surface area contributed by atoms with Gasteiger partial charge in [-0.2, -0.15) is 5.10 Å². The highest BCUT2D eigenvalue weighted by Crippen LogP contribution is 2.20. The van der Waals surface area contributed by atoms with Crippen LogP contribution in [0.3, 0.4) is 0 Å². The van der Waals surface area contributed by atoms with Crippen molar-refractivity contribution in [2.45, 2.75) is 45.8 Å². The molecule has 0 radical (unpaired) electrons. The third-order valence-electron chi connectivity index (χ3n) is 4.96. The van der Waals surface area contributed by atoms with Crippen LogP contribution in [0, 0.1) is 13.8 Å². The molecule has 0 bridgehead atoms. The second kappa shape index (κ2) is 9.09. The smallest absolute Gasteiger partial charge is 0.338 e. The molecule has 1 aromatic heterocycles. The average molecular weight is 401 g/mol. The topological polar surface area (TPSA) is 91.7 Å². The number of esters is 1. The predicted octanol–water partition coefficient (Wildman–Crippen LogP) is 2.78. The molecular formula is C21H27N3O5. The SMILES string of the molecule is Cc1nn(C)c(C)c1NC(=O)[C@@H](C)OC(=O)c1ccc(OC[C@H]2CCCO2)cc1. The molecule has 1 aliphatic heterocycles. The molecule has 8 nitrogen and oxygen atoms in total. The van der Waals surface area contributed by atoms with Gasteiger partial charge < -0.3 is 19.5 Å². The first-order valence-electron chi connectivity index (χ1n) is 9.71. The number of anilines is 1. The van der Waals surface area contributed by atoms with Crippen LogP contribution in [-0.4, -0.2) is 47.1 Å². The van der Waals surface area contributed by atoms with E-state index >= 15 is 0 Å². The van der Waals surface area contributed by atoms with Gasteiger partial charge >= 0.3 is 5.97 Å². The number of benzene rings is 1. The molecule has 1 fully saturated rings. The minimum atomic E-state index is -0.947. The first-order valence-corrected chi connectivity index (χ1v) is 9.71. The molecule has 1 amide bonds. The van der Waals surface area contributed by atoms with Gasteiger partial charge in [-0.15, -0.1) is 0 Å². The Balaban J connectivity index is 1.52. The Bertz CT molecular complexity index is 869.